The first-order valence-electron chi connectivity index (χ1n) is 8.37. The number of hydrogen-bond acceptors (Lipinski definition) is 4. The summed E-state index contributed by atoms with van der Waals surface area (Å²) in [4.78, 5) is 27.7. The maximum Gasteiger partial charge on any atom is 0.305 e. The fraction of sp³-hybridized carbons (Fsp3) is 0.647. The van der Waals surface area contributed by atoms with Crippen LogP contribution in [-0.2, 0) is 22.4 Å². The van der Waals surface area contributed by atoms with Crippen LogP contribution in [0.25, 0.3) is 0 Å². The van der Waals surface area contributed by atoms with E-state index in [-0.39, 0.29) is 18.4 Å². The minimum Gasteiger partial charge on any atom is -0.481 e. The summed E-state index contributed by atoms with van der Waals surface area (Å²) >= 11 is 1.60. The zero-order valence-corrected chi connectivity index (χ0v) is 14.1. The first-order chi connectivity index (χ1) is 11.1. The SMILES string of the molecule is O=C(O)CC1COCCN1C(=O)c1cc2c(s1)CCCCCC2. The summed E-state index contributed by atoms with van der Waals surface area (Å²) in [7, 11) is 0. The Balaban J connectivity index is 1.78. The zero-order chi connectivity index (χ0) is 16.2. The monoisotopic (exact) mass is 337 g/mol. The molecule has 2 heterocycles. The van der Waals surface area contributed by atoms with Crippen molar-refractivity contribution in [3.63, 3.8) is 0 Å². The van der Waals surface area contributed by atoms with Gasteiger partial charge in [-0.3, -0.25) is 9.59 Å². The molecule has 0 bridgehead atoms. The summed E-state index contributed by atoms with van der Waals surface area (Å²) in [6.45, 7) is 1.26. The Morgan fingerprint density at radius 1 is 1.26 bits per heavy atom. The highest BCUT2D eigenvalue weighted by Gasteiger charge is 2.31. The van der Waals surface area contributed by atoms with Gasteiger partial charge in [0, 0.05) is 11.4 Å². The number of rotatable bonds is 3. The fourth-order valence-electron chi connectivity index (χ4n) is 3.38. The van der Waals surface area contributed by atoms with Crippen molar-refractivity contribution in [2.75, 3.05) is 19.8 Å². The Bertz CT molecular complexity index is 558. The van der Waals surface area contributed by atoms with E-state index in [9.17, 15) is 9.59 Å². The molecule has 1 N–H and O–H groups in total. The molecular weight excluding hydrogens is 314 g/mol. The molecule has 1 aromatic heterocycles. The van der Waals surface area contributed by atoms with Crippen molar-refractivity contribution in [1.82, 2.24) is 4.90 Å². The van der Waals surface area contributed by atoms with E-state index in [0.717, 1.165) is 17.7 Å². The lowest BCUT2D eigenvalue weighted by Crippen LogP contribution is -2.49. The first-order valence-corrected chi connectivity index (χ1v) is 9.19. The molecule has 3 rings (SSSR count). The fourth-order valence-corrected chi connectivity index (χ4v) is 4.59. The van der Waals surface area contributed by atoms with Gasteiger partial charge in [-0.2, -0.15) is 0 Å². The van der Waals surface area contributed by atoms with Crippen LogP contribution in [0.1, 0.15) is 52.2 Å². The van der Waals surface area contributed by atoms with E-state index in [2.05, 4.69) is 0 Å². The van der Waals surface area contributed by atoms with Crippen LogP contribution >= 0.6 is 11.3 Å². The van der Waals surface area contributed by atoms with E-state index in [1.54, 1.807) is 16.2 Å². The lowest BCUT2D eigenvalue weighted by atomic mass is 9.99. The van der Waals surface area contributed by atoms with Crippen molar-refractivity contribution in [2.45, 2.75) is 51.0 Å². The first kappa shape index (κ1) is 16.5. The maximum absolute atomic E-state index is 12.9. The highest BCUT2D eigenvalue weighted by molar-refractivity contribution is 7.14. The number of carboxylic acid groups (broad SMARTS) is 1. The molecule has 1 aliphatic carbocycles. The van der Waals surface area contributed by atoms with Gasteiger partial charge in [-0.05, 0) is 37.3 Å². The van der Waals surface area contributed by atoms with E-state index in [1.807, 2.05) is 6.07 Å². The number of nitrogens with zero attached hydrogens (tertiary/aromatic N) is 1. The van der Waals surface area contributed by atoms with Crippen molar-refractivity contribution in [2.24, 2.45) is 0 Å². The molecule has 1 amide bonds. The van der Waals surface area contributed by atoms with Crippen LogP contribution in [0, 0.1) is 0 Å². The van der Waals surface area contributed by atoms with Crippen molar-refractivity contribution in [1.29, 1.82) is 0 Å². The second-order valence-electron chi connectivity index (χ2n) is 6.30. The highest BCUT2D eigenvalue weighted by Crippen LogP contribution is 2.30. The van der Waals surface area contributed by atoms with Crippen molar-refractivity contribution in [3.8, 4) is 0 Å². The summed E-state index contributed by atoms with van der Waals surface area (Å²) in [6.07, 6.45) is 6.98. The average Bonchev–Trinajstić information content (AvgIpc) is 2.89. The number of morpholine rings is 1. The number of ether oxygens (including phenoxy) is 1. The molecule has 0 saturated carbocycles. The van der Waals surface area contributed by atoms with Gasteiger partial charge in [0.05, 0.1) is 30.6 Å². The van der Waals surface area contributed by atoms with Gasteiger partial charge in [0.25, 0.3) is 5.91 Å². The third-order valence-electron chi connectivity index (χ3n) is 4.61. The molecule has 23 heavy (non-hydrogen) atoms. The number of amides is 1. The van der Waals surface area contributed by atoms with Gasteiger partial charge in [0.1, 0.15) is 0 Å². The Morgan fingerprint density at radius 3 is 2.83 bits per heavy atom. The minimum absolute atomic E-state index is 0.0312. The van der Waals surface area contributed by atoms with Gasteiger partial charge in [0.15, 0.2) is 0 Å². The number of hydrogen-bond donors (Lipinski definition) is 1. The topological polar surface area (TPSA) is 66.8 Å². The predicted molar refractivity (Wildman–Crippen MR) is 88.1 cm³/mol. The van der Waals surface area contributed by atoms with Crippen molar-refractivity contribution in [3.05, 3.63) is 21.4 Å². The highest BCUT2D eigenvalue weighted by atomic mass is 32.1. The summed E-state index contributed by atoms with van der Waals surface area (Å²) in [5.74, 6) is -0.923. The Kier molecular flexibility index (Phi) is 5.33. The van der Waals surface area contributed by atoms with Crippen LogP contribution < -0.4 is 0 Å². The van der Waals surface area contributed by atoms with Crippen LogP contribution in [0.15, 0.2) is 6.07 Å². The second-order valence-corrected chi connectivity index (χ2v) is 7.44. The summed E-state index contributed by atoms with van der Waals surface area (Å²) in [6, 6.07) is 1.68. The number of aryl methyl sites for hydroxylation is 2. The van der Waals surface area contributed by atoms with Gasteiger partial charge < -0.3 is 14.7 Å². The van der Waals surface area contributed by atoms with Gasteiger partial charge in [-0.1, -0.05) is 12.8 Å². The lowest BCUT2D eigenvalue weighted by Gasteiger charge is -2.34. The van der Waals surface area contributed by atoms with Gasteiger partial charge in [-0.25, -0.2) is 0 Å². The van der Waals surface area contributed by atoms with E-state index < -0.39 is 5.97 Å². The lowest BCUT2D eigenvalue weighted by molar-refractivity contribution is -0.139. The zero-order valence-electron chi connectivity index (χ0n) is 13.3. The number of fused-ring (bicyclic) bond motifs is 1. The largest absolute Gasteiger partial charge is 0.481 e. The smallest absolute Gasteiger partial charge is 0.305 e. The van der Waals surface area contributed by atoms with Crippen LogP contribution in [-0.4, -0.2) is 47.7 Å². The molecule has 1 saturated heterocycles. The molecule has 1 fully saturated rings. The van der Waals surface area contributed by atoms with Crippen LogP contribution in [0.5, 0.6) is 0 Å². The Hall–Kier alpha value is -1.40. The van der Waals surface area contributed by atoms with E-state index in [1.165, 1.54) is 36.1 Å². The molecule has 1 aromatic rings. The average molecular weight is 337 g/mol. The molecule has 0 spiro atoms. The van der Waals surface area contributed by atoms with E-state index in [0.29, 0.717) is 19.8 Å². The summed E-state index contributed by atoms with van der Waals surface area (Å²) in [5.41, 5.74) is 1.32. The predicted octanol–water partition coefficient (Wildman–Crippen LogP) is 2.72. The molecule has 1 unspecified atom stereocenters. The van der Waals surface area contributed by atoms with Gasteiger partial charge in [-0.15, -0.1) is 11.3 Å². The number of carbonyl (C=O) groups excluding carboxylic acids is 1. The standard InChI is InChI=1S/C17H23NO4S/c19-16(20)10-13-11-22-8-7-18(13)17(21)15-9-12-5-3-1-2-4-6-14(12)23-15/h9,13H,1-8,10-11H2,(H,19,20). The Morgan fingerprint density at radius 2 is 2.04 bits per heavy atom. The van der Waals surface area contributed by atoms with E-state index in [4.69, 9.17) is 9.84 Å². The molecule has 6 heteroatoms. The molecule has 1 aliphatic heterocycles. The number of thiophene rings is 1. The quantitative estimate of drug-likeness (QED) is 0.921. The van der Waals surface area contributed by atoms with Gasteiger partial charge in [0.2, 0.25) is 0 Å². The maximum atomic E-state index is 12.9. The van der Waals surface area contributed by atoms with Crippen molar-refractivity contribution >= 4 is 23.2 Å². The number of carboxylic acids is 1. The normalized spacial score (nSPS) is 22.1. The van der Waals surface area contributed by atoms with Crippen LogP contribution in [0.4, 0.5) is 0 Å². The molecular formula is C17H23NO4S. The summed E-state index contributed by atoms with van der Waals surface area (Å²) < 4.78 is 5.36. The molecule has 126 valence electrons. The number of carbonyl (C=O) groups is 2. The minimum atomic E-state index is -0.892. The van der Waals surface area contributed by atoms with Crippen LogP contribution in [0.3, 0.4) is 0 Å². The molecule has 0 aromatic carbocycles. The Labute approximate surface area is 140 Å². The second kappa shape index (κ2) is 7.45. The molecule has 5 nitrogen and oxygen atoms in total. The summed E-state index contributed by atoms with van der Waals surface area (Å²) in [5, 5.41) is 9.04. The van der Waals surface area contributed by atoms with Crippen LogP contribution in [0.2, 0.25) is 0 Å². The van der Waals surface area contributed by atoms with Gasteiger partial charge >= 0.3 is 5.97 Å². The molecule has 1 atom stereocenters. The molecule has 0 radical (unpaired) electrons. The van der Waals surface area contributed by atoms with E-state index >= 15 is 0 Å². The third kappa shape index (κ3) is 3.93. The third-order valence-corrected chi connectivity index (χ3v) is 5.83. The van der Waals surface area contributed by atoms with Crippen molar-refractivity contribution < 1.29 is 19.4 Å². The number of aliphatic carboxylic acids is 1. The molecule has 2 aliphatic rings.